The molecule has 3 fully saturated rings. The summed E-state index contributed by atoms with van der Waals surface area (Å²) >= 11 is 1.63. The average molecular weight is 683 g/mol. The molecular weight excluding hydrogens is 633 g/mol. The van der Waals surface area contributed by atoms with Gasteiger partial charge in [0.25, 0.3) is 0 Å². The van der Waals surface area contributed by atoms with E-state index in [1.54, 1.807) is 31.5 Å². The second-order valence-corrected chi connectivity index (χ2v) is 14.8. The molecule has 1 saturated carbocycles. The molecule has 1 aliphatic carbocycles. The minimum absolute atomic E-state index is 0.343. The van der Waals surface area contributed by atoms with Crippen molar-refractivity contribution >= 4 is 57.5 Å². The zero-order valence-electron chi connectivity index (χ0n) is 29.7. The molecule has 2 N–H and O–H groups in total. The number of likely N-dealkylation sites (N-methyl/N-ethyl adjacent to an activating group) is 1. The Morgan fingerprint density at radius 2 is 1.67 bits per heavy atom. The maximum Gasteiger partial charge on any atom is 0.229 e. The van der Waals surface area contributed by atoms with Crippen molar-refractivity contribution in [3.63, 3.8) is 0 Å². The van der Waals surface area contributed by atoms with Gasteiger partial charge < -0.3 is 29.5 Å². The molecule has 4 aromatic rings. The molecule has 0 unspecified atom stereocenters. The van der Waals surface area contributed by atoms with E-state index in [-0.39, 0.29) is 0 Å². The molecule has 2 saturated heterocycles. The van der Waals surface area contributed by atoms with Gasteiger partial charge in [-0.2, -0.15) is 4.98 Å². The molecule has 0 atom stereocenters. The number of hydrogen-bond acceptors (Lipinski definition) is 12. The van der Waals surface area contributed by atoms with E-state index < -0.39 is 0 Å². The van der Waals surface area contributed by atoms with Gasteiger partial charge in [0, 0.05) is 94.5 Å². The molecule has 11 nitrogen and oxygen atoms in total. The number of rotatable bonds is 11. The number of hydrogen-bond donors (Lipinski definition) is 2. The molecule has 7 rings (SSSR count). The van der Waals surface area contributed by atoms with Crippen molar-refractivity contribution in [3.8, 4) is 5.75 Å². The first-order valence-electron chi connectivity index (χ1n) is 17.6. The Hall–Kier alpha value is -3.87. The summed E-state index contributed by atoms with van der Waals surface area (Å²) in [7, 11) is 6.02. The van der Waals surface area contributed by atoms with E-state index in [0.717, 1.165) is 71.2 Å². The minimum Gasteiger partial charge on any atom is -0.494 e. The number of fused-ring (bicyclic) bond motifs is 1. The fraction of sp³-hybridized carbons (Fsp3) is 0.514. The molecule has 2 aromatic heterocycles. The molecule has 4 heterocycles. The van der Waals surface area contributed by atoms with Crippen LogP contribution in [0.1, 0.15) is 62.5 Å². The Bertz CT molecular complexity index is 1770. The third-order valence-electron chi connectivity index (χ3n) is 10.4. The van der Waals surface area contributed by atoms with Crippen molar-refractivity contribution < 1.29 is 4.74 Å². The van der Waals surface area contributed by atoms with Gasteiger partial charge in [-0.05, 0) is 68.3 Å². The van der Waals surface area contributed by atoms with Gasteiger partial charge in [-0.25, -0.2) is 4.98 Å². The SMILES string of the molecule is COc1cc(N2CCC(N3CCN(C)CC3)CC2)c(C(C)C)cc1Nc1ncc(C2CC2)c(Nc2ccc3nccnc3c2N(C)SC)n1. The number of benzene rings is 2. The number of nitrogens with zero attached hydrogens (tertiary/aromatic N) is 8. The van der Waals surface area contributed by atoms with Gasteiger partial charge in [0.1, 0.15) is 17.1 Å². The highest BCUT2D eigenvalue weighted by atomic mass is 32.2. The van der Waals surface area contributed by atoms with Crippen molar-refractivity contribution in [3.05, 3.63) is 54.0 Å². The van der Waals surface area contributed by atoms with Crippen molar-refractivity contribution in [2.24, 2.45) is 0 Å². The smallest absolute Gasteiger partial charge is 0.229 e. The average Bonchev–Trinajstić information content (AvgIpc) is 3.97. The van der Waals surface area contributed by atoms with Crippen molar-refractivity contribution in [2.45, 2.75) is 57.4 Å². The summed E-state index contributed by atoms with van der Waals surface area (Å²) in [5.41, 5.74) is 8.18. The number of ether oxygens (including phenoxy) is 1. The zero-order valence-corrected chi connectivity index (χ0v) is 30.6. The maximum atomic E-state index is 6.01. The van der Waals surface area contributed by atoms with Crippen molar-refractivity contribution in [1.82, 2.24) is 29.7 Å². The molecule has 3 aliphatic rings. The quantitative estimate of drug-likeness (QED) is 0.162. The summed E-state index contributed by atoms with van der Waals surface area (Å²) in [6.07, 6.45) is 12.2. The van der Waals surface area contributed by atoms with Crippen LogP contribution in [0.4, 0.5) is 34.5 Å². The topological polar surface area (TPSA) is 97.8 Å². The first kappa shape index (κ1) is 33.6. The van der Waals surface area contributed by atoms with Gasteiger partial charge in [-0.3, -0.25) is 14.9 Å². The monoisotopic (exact) mass is 682 g/mol. The summed E-state index contributed by atoms with van der Waals surface area (Å²) in [4.78, 5) is 26.8. The summed E-state index contributed by atoms with van der Waals surface area (Å²) in [5, 5.41) is 7.22. The Balaban J connectivity index is 1.15. The van der Waals surface area contributed by atoms with Crippen LogP contribution in [0, 0.1) is 0 Å². The lowest BCUT2D eigenvalue weighted by Crippen LogP contribution is -2.52. The Labute approximate surface area is 295 Å². The largest absolute Gasteiger partial charge is 0.494 e. The fourth-order valence-electron chi connectivity index (χ4n) is 7.27. The fourth-order valence-corrected chi connectivity index (χ4v) is 7.64. The molecule has 49 heavy (non-hydrogen) atoms. The lowest BCUT2D eigenvalue weighted by atomic mass is 9.96. The summed E-state index contributed by atoms with van der Waals surface area (Å²) in [5.74, 6) is 2.93. The second-order valence-electron chi connectivity index (χ2n) is 13.9. The zero-order chi connectivity index (χ0) is 34.1. The molecule has 2 aliphatic heterocycles. The number of anilines is 6. The van der Waals surface area contributed by atoms with Crippen LogP contribution in [-0.2, 0) is 0 Å². The summed E-state index contributed by atoms with van der Waals surface area (Å²) < 4.78 is 8.13. The van der Waals surface area contributed by atoms with E-state index in [0.29, 0.717) is 23.8 Å². The number of piperidine rings is 1. The van der Waals surface area contributed by atoms with Crippen LogP contribution in [0.25, 0.3) is 11.0 Å². The predicted molar refractivity (Wildman–Crippen MR) is 203 cm³/mol. The highest BCUT2D eigenvalue weighted by Gasteiger charge is 2.30. The van der Waals surface area contributed by atoms with Crippen LogP contribution in [-0.4, -0.2) is 103 Å². The predicted octanol–water partition coefficient (Wildman–Crippen LogP) is 6.85. The van der Waals surface area contributed by atoms with Gasteiger partial charge in [-0.1, -0.05) is 25.8 Å². The summed E-state index contributed by atoms with van der Waals surface area (Å²) in [6, 6.07) is 9.20. The van der Waals surface area contributed by atoms with Crippen LogP contribution >= 0.6 is 11.9 Å². The van der Waals surface area contributed by atoms with Crippen LogP contribution in [0.2, 0.25) is 0 Å². The standard InChI is InChI=1S/C37H50N10OS/c1-24(2)27-21-31(33(48-5)22-32(27)47-15-11-26(12-16-47)46-19-17-44(3)18-20-46)42-37-40-23-28(25-7-8-25)36(43-37)41-30-10-9-29-34(39-14-13-38-29)35(30)45(4)49-6/h9-10,13-14,21-26H,7-8,11-12,15-20H2,1-6H3,(H2,40,41,42,43). The van der Waals surface area contributed by atoms with E-state index in [2.05, 4.69) is 85.0 Å². The number of aromatic nitrogens is 4. The molecule has 260 valence electrons. The first-order valence-corrected chi connectivity index (χ1v) is 18.8. The molecule has 2 aromatic carbocycles. The normalized spacial score (nSPS) is 17.9. The number of methoxy groups -OCH3 is 1. The van der Waals surface area contributed by atoms with Gasteiger partial charge in [-0.15, -0.1) is 0 Å². The summed E-state index contributed by atoms with van der Waals surface area (Å²) in [6.45, 7) is 11.4. The van der Waals surface area contributed by atoms with Gasteiger partial charge >= 0.3 is 0 Å². The Morgan fingerprint density at radius 1 is 0.918 bits per heavy atom. The molecule has 0 bridgehead atoms. The highest BCUT2D eigenvalue weighted by molar-refractivity contribution is 7.99. The maximum absolute atomic E-state index is 6.01. The van der Waals surface area contributed by atoms with Crippen LogP contribution in [0.5, 0.6) is 5.75 Å². The lowest BCUT2D eigenvalue weighted by Gasteiger charge is -2.43. The van der Waals surface area contributed by atoms with Crippen LogP contribution < -0.4 is 24.6 Å². The third-order valence-corrected chi connectivity index (χ3v) is 11.1. The van der Waals surface area contributed by atoms with E-state index in [9.17, 15) is 0 Å². The highest BCUT2D eigenvalue weighted by Crippen LogP contribution is 2.45. The lowest BCUT2D eigenvalue weighted by molar-refractivity contribution is 0.0982. The van der Waals surface area contributed by atoms with Gasteiger partial charge in [0.15, 0.2) is 0 Å². The molecule has 0 radical (unpaired) electrons. The minimum atomic E-state index is 0.343. The van der Waals surface area contributed by atoms with Gasteiger partial charge in [0.05, 0.1) is 29.7 Å². The van der Waals surface area contributed by atoms with Crippen LogP contribution in [0.15, 0.2) is 42.9 Å². The second kappa shape index (κ2) is 14.5. The van der Waals surface area contributed by atoms with Crippen molar-refractivity contribution in [1.29, 1.82) is 0 Å². The Morgan fingerprint density at radius 3 is 2.37 bits per heavy atom. The number of piperazine rings is 1. The molecule has 12 heteroatoms. The first-order chi connectivity index (χ1) is 23.8. The van der Waals surface area contributed by atoms with Crippen molar-refractivity contribution in [2.75, 3.05) is 86.6 Å². The van der Waals surface area contributed by atoms with E-state index in [4.69, 9.17) is 14.7 Å². The molecule has 0 amide bonds. The van der Waals surface area contributed by atoms with Crippen LogP contribution in [0.3, 0.4) is 0 Å². The van der Waals surface area contributed by atoms with E-state index in [1.807, 2.05) is 19.3 Å². The Kier molecular flexibility index (Phi) is 9.98. The number of nitrogens with one attached hydrogen (secondary N) is 2. The van der Waals surface area contributed by atoms with Gasteiger partial charge in [0.2, 0.25) is 5.95 Å². The van der Waals surface area contributed by atoms with E-state index in [1.165, 1.54) is 50.3 Å². The van der Waals surface area contributed by atoms with E-state index >= 15 is 0 Å². The molecular formula is C37H50N10OS. The molecule has 0 spiro atoms. The third kappa shape index (κ3) is 7.22.